The summed E-state index contributed by atoms with van der Waals surface area (Å²) in [5, 5.41) is 13.4. The summed E-state index contributed by atoms with van der Waals surface area (Å²) in [4.78, 5) is 9.64. The van der Waals surface area contributed by atoms with E-state index in [0.717, 1.165) is 10.9 Å². The molecule has 0 saturated carbocycles. The van der Waals surface area contributed by atoms with Crippen LogP contribution in [0.2, 0.25) is 0 Å². The molecule has 0 N–H and O–H groups in total. The van der Waals surface area contributed by atoms with Crippen LogP contribution in [-0.2, 0) is 0 Å². The molecule has 1 aromatic carbocycles. The van der Waals surface area contributed by atoms with Crippen LogP contribution in [-0.4, -0.2) is 34.7 Å². The Balaban J connectivity index is 1.60. The van der Waals surface area contributed by atoms with Crippen molar-refractivity contribution < 1.29 is 4.39 Å². The van der Waals surface area contributed by atoms with E-state index in [9.17, 15) is 4.39 Å². The van der Waals surface area contributed by atoms with Gasteiger partial charge in [-0.25, -0.2) is 4.39 Å². The lowest BCUT2D eigenvalue weighted by Crippen LogP contribution is -2.02. The maximum Gasteiger partial charge on any atom is 0.223 e. The summed E-state index contributed by atoms with van der Waals surface area (Å²) in [5.41, 5.74) is 2.59. The van der Waals surface area contributed by atoms with E-state index in [-0.39, 0.29) is 0 Å². The molecule has 5 aromatic rings. The van der Waals surface area contributed by atoms with E-state index in [2.05, 4.69) is 25.4 Å². The van der Waals surface area contributed by atoms with Crippen LogP contribution in [0.4, 0.5) is 4.39 Å². The fourth-order valence-electron chi connectivity index (χ4n) is 2.93. The number of tetrazole rings is 1. The molecule has 0 saturated heterocycles. The largest absolute Gasteiger partial charge is 0.315 e. The molecule has 0 amide bonds. The second kappa shape index (κ2) is 6.10. The van der Waals surface area contributed by atoms with Gasteiger partial charge in [-0.1, -0.05) is 6.07 Å². The SMILES string of the molecule is Fc1cc(-n2nnc(-c3ccccn3)n2)cc(-n2ccc3ccncc32)c1. The second-order valence-electron chi connectivity index (χ2n) is 5.91. The average Bonchev–Trinajstić information content (AvgIpc) is 3.36. The number of fused-ring (bicyclic) bond motifs is 1. The minimum atomic E-state index is -0.398. The first kappa shape index (κ1) is 15.3. The molecule has 0 aliphatic carbocycles. The molecule has 8 heteroatoms. The van der Waals surface area contributed by atoms with Gasteiger partial charge in [0.1, 0.15) is 11.5 Å². The Morgan fingerprint density at radius 2 is 1.85 bits per heavy atom. The molecule has 4 aromatic heterocycles. The fourth-order valence-corrected chi connectivity index (χ4v) is 2.93. The zero-order valence-corrected chi connectivity index (χ0v) is 13.9. The van der Waals surface area contributed by atoms with Crippen molar-refractivity contribution in [1.29, 1.82) is 0 Å². The van der Waals surface area contributed by atoms with E-state index >= 15 is 0 Å². The van der Waals surface area contributed by atoms with Crippen LogP contribution >= 0.6 is 0 Å². The van der Waals surface area contributed by atoms with Crippen molar-refractivity contribution in [3.05, 3.63) is 79.1 Å². The van der Waals surface area contributed by atoms with Gasteiger partial charge in [0.25, 0.3) is 0 Å². The number of hydrogen-bond donors (Lipinski definition) is 0. The molecular weight excluding hydrogens is 345 g/mol. The van der Waals surface area contributed by atoms with Crippen LogP contribution in [0.25, 0.3) is 33.8 Å². The predicted octanol–water partition coefficient (Wildman–Crippen LogP) is 3.20. The van der Waals surface area contributed by atoms with Crippen molar-refractivity contribution in [2.75, 3.05) is 0 Å². The van der Waals surface area contributed by atoms with Gasteiger partial charge >= 0.3 is 0 Å². The molecule has 0 radical (unpaired) electrons. The summed E-state index contributed by atoms with van der Waals surface area (Å²) in [5.74, 6) is -0.0260. The first-order chi connectivity index (χ1) is 13.3. The van der Waals surface area contributed by atoms with Gasteiger partial charge in [0, 0.05) is 30.0 Å². The lowest BCUT2D eigenvalue weighted by Gasteiger charge is -2.08. The lowest BCUT2D eigenvalue weighted by molar-refractivity contribution is 0.620. The predicted molar refractivity (Wildman–Crippen MR) is 97.0 cm³/mol. The highest BCUT2D eigenvalue weighted by molar-refractivity contribution is 5.81. The summed E-state index contributed by atoms with van der Waals surface area (Å²) in [6.07, 6.45) is 7.00. The number of halogens is 1. The number of aromatic nitrogens is 7. The summed E-state index contributed by atoms with van der Waals surface area (Å²) in [7, 11) is 0. The van der Waals surface area contributed by atoms with Crippen molar-refractivity contribution in [3.63, 3.8) is 0 Å². The van der Waals surface area contributed by atoms with E-state index in [0.29, 0.717) is 22.9 Å². The molecule has 0 aliphatic rings. The van der Waals surface area contributed by atoms with Gasteiger partial charge in [-0.15, -0.1) is 15.0 Å². The monoisotopic (exact) mass is 357 g/mol. The first-order valence-corrected chi connectivity index (χ1v) is 8.22. The van der Waals surface area contributed by atoms with Gasteiger partial charge in [0.15, 0.2) is 0 Å². The third kappa shape index (κ3) is 2.73. The van der Waals surface area contributed by atoms with E-state index in [1.54, 1.807) is 30.7 Å². The van der Waals surface area contributed by atoms with Gasteiger partial charge in [0.2, 0.25) is 5.82 Å². The molecule has 5 rings (SSSR count). The van der Waals surface area contributed by atoms with Crippen LogP contribution in [0.3, 0.4) is 0 Å². The van der Waals surface area contributed by atoms with Crippen LogP contribution in [0.15, 0.2) is 73.3 Å². The maximum atomic E-state index is 14.3. The van der Waals surface area contributed by atoms with E-state index in [1.807, 2.05) is 35.0 Å². The summed E-state index contributed by atoms with van der Waals surface area (Å²) < 4.78 is 16.2. The third-order valence-electron chi connectivity index (χ3n) is 4.18. The molecule has 7 nitrogen and oxygen atoms in total. The van der Waals surface area contributed by atoms with Crippen LogP contribution in [0, 0.1) is 5.82 Å². The maximum absolute atomic E-state index is 14.3. The Kier molecular flexibility index (Phi) is 3.46. The molecule has 27 heavy (non-hydrogen) atoms. The van der Waals surface area contributed by atoms with Gasteiger partial charge in [-0.3, -0.25) is 9.97 Å². The average molecular weight is 357 g/mol. The smallest absolute Gasteiger partial charge is 0.223 e. The van der Waals surface area contributed by atoms with Crippen LogP contribution < -0.4 is 0 Å². The van der Waals surface area contributed by atoms with Gasteiger partial charge in [0.05, 0.1) is 23.1 Å². The quantitative estimate of drug-likeness (QED) is 0.496. The Morgan fingerprint density at radius 3 is 2.74 bits per heavy atom. The highest BCUT2D eigenvalue weighted by atomic mass is 19.1. The number of benzene rings is 1. The van der Waals surface area contributed by atoms with E-state index in [1.165, 1.54) is 16.9 Å². The molecule has 0 spiro atoms. The second-order valence-corrected chi connectivity index (χ2v) is 5.91. The molecule has 4 heterocycles. The molecule has 0 atom stereocenters. The Labute approximate surface area is 152 Å². The van der Waals surface area contributed by atoms with Gasteiger partial charge in [-0.05, 0) is 41.6 Å². The van der Waals surface area contributed by atoms with Gasteiger partial charge in [-0.2, -0.15) is 0 Å². The standard InChI is InChI=1S/C19H12FN7/c20-14-9-15(26-8-5-13-4-7-21-12-18(13)26)11-16(10-14)27-24-19(23-25-27)17-3-1-2-6-22-17/h1-12H. The molecule has 130 valence electrons. The lowest BCUT2D eigenvalue weighted by atomic mass is 10.2. The van der Waals surface area contributed by atoms with Crippen molar-refractivity contribution >= 4 is 10.9 Å². The summed E-state index contributed by atoms with van der Waals surface area (Å²) in [6, 6.07) is 13.9. The third-order valence-corrected chi connectivity index (χ3v) is 4.18. The number of pyridine rings is 2. The highest BCUT2D eigenvalue weighted by Gasteiger charge is 2.12. The molecule has 0 aliphatic heterocycles. The summed E-state index contributed by atoms with van der Waals surface area (Å²) >= 11 is 0. The van der Waals surface area contributed by atoms with Crippen molar-refractivity contribution in [2.45, 2.75) is 0 Å². The van der Waals surface area contributed by atoms with Gasteiger partial charge < -0.3 is 4.57 Å². The zero-order valence-electron chi connectivity index (χ0n) is 13.9. The van der Waals surface area contributed by atoms with Crippen molar-refractivity contribution in [2.24, 2.45) is 0 Å². The highest BCUT2D eigenvalue weighted by Crippen LogP contribution is 2.22. The Hall–Kier alpha value is -3.94. The van der Waals surface area contributed by atoms with Crippen LogP contribution in [0.5, 0.6) is 0 Å². The normalized spacial score (nSPS) is 11.1. The number of rotatable bonds is 3. The minimum absolute atomic E-state index is 0.372. The fraction of sp³-hybridized carbons (Fsp3) is 0. The molecule has 0 unspecified atom stereocenters. The van der Waals surface area contributed by atoms with E-state index in [4.69, 9.17) is 0 Å². The van der Waals surface area contributed by atoms with Crippen molar-refractivity contribution in [3.8, 4) is 22.9 Å². The summed E-state index contributed by atoms with van der Waals surface area (Å²) in [6.45, 7) is 0. The zero-order chi connectivity index (χ0) is 18.2. The van der Waals surface area contributed by atoms with Crippen molar-refractivity contribution in [1.82, 2.24) is 34.7 Å². The topological polar surface area (TPSA) is 74.3 Å². The number of nitrogens with zero attached hydrogens (tertiary/aromatic N) is 7. The Morgan fingerprint density at radius 1 is 0.926 bits per heavy atom. The molecule has 0 bridgehead atoms. The first-order valence-electron chi connectivity index (χ1n) is 8.22. The van der Waals surface area contributed by atoms with Crippen LogP contribution in [0.1, 0.15) is 0 Å². The number of hydrogen-bond acceptors (Lipinski definition) is 5. The molecular formula is C19H12FN7. The molecule has 0 fully saturated rings. The minimum Gasteiger partial charge on any atom is -0.315 e. The Bertz CT molecular complexity index is 1240. The van der Waals surface area contributed by atoms with E-state index < -0.39 is 5.82 Å².